The summed E-state index contributed by atoms with van der Waals surface area (Å²) in [7, 11) is 1.30. The maximum atomic E-state index is 10.5. The average molecular weight is 203 g/mol. The van der Waals surface area contributed by atoms with Crippen molar-refractivity contribution >= 4 is 17.6 Å². The minimum Gasteiger partial charge on any atom is -0.504 e. The summed E-state index contributed by atoms with van der Waals surface area (Å²) >= 11 is 5.63. The highest BCUT2D eigenvalue weighted by Gasteiger charge is 2.16. The molecule has 0 amide bonds. The monoisotopic (exact) mass is 202 g/mol. The second-order valence-electron chi connectivity index (χ2n) is 2.28. The summed E-state index contributed by atoms with van der Waals surface area (Å²) in [6, 6.07) is 2.56. The third kappa shape index (κ3) is 1.67. The first-order chi connectivity index (χ1) is 6.07. The van der Waals surface area contributed by atoms with Crippen LogP contribution in [0.5, 0.6) is 11.5 Å². The van der Waals surface area contributed by atoms with Crippen molar-refractivity contribution in [1.29, 1.82) is 0 Å². The number of phenols is 1. The molecular weight excluding hydrogens is 196 g/mol. The van der Waals surface area contributed by atoms with Gasteiger partial charge in [0.15, 0.2) is 11.5 Å². The normalized spacial score (nSPS) is 9.69. The number of aromatic carboxylic acids is 1. The van der Waals surface area contributed by atoms with Crippen LogP contribution in [0.1, 0.15) is 10.4 Å². The molecular formula is C8H7ClO4. The van der Waals surface area contributed by atoms with Gasteiger partial charge in [0.1, 0.15) is 5.56 Å². The average Bonchev–Trinajstić information content (AvgIpc) is 2.04. The van der Waals surface area contributed by atoms with E-state index in [1.165, 1.54) is 19.2 Å². The van der Waals surface area contributed by atoms with E-state index in [1.54, 1.807) is 0 Å². The van der Waals surface area contributed by atoms with Crippen molar-refractivity contribution in [2.45, 2.75) is 0 Å². The molecule has 0 fully saturated rings. The Balaban J connectivity index is 3.35. The Kier molecular flexibility index (Phi) is 2.63. The summed E-state index contributed by atoms with van der Waals surface area (Å²) in [5.74, 6) is -1.71. The van der Waals surface area contributed by atoms with Crippen LogP contribution in [0.3, 0.4) is 0 Å². The smallest absolute Gasteiger partial charge is 0.339 e. The highest BCUT2D eigenvalue weighted by atomic mass is 35.5. The minimum absolute atomic E-state index is 0.0263. The predicted octanol–water partition coefficient (Wildman–Crippen LogP) is 1.75. The molecule has 0 aliphatic rings. The first-order valence-corrected chi connectivity index (χ1v) is 3.74. The zero-order chi connectivity index (χ0) is 10.0. The van der Waals surface area contributed by atoms with E-state index in [9.17, 15) is 9.90 Å². The minimum atomic E-state index is -1.23. The summed E-state index contributed by atoms with van der Waals surface area (Å²) in [6.45, 7) is 0. The second kappa shape index (κ2) is 3.53. The van der Waals surface area contributed by atoms with Gasteiger partial charge in [-0.05, 0) is 12.1 Å². The highest BCUT2D eigenvalue weighted by Crippen LogP contribution is 2.36. The molecule has 70 valence electrons. The number of benzene rings is 1. The molecule has 0 aromatic heterocycles. The molecule has 0 aliphatic heterocycles. The number of halogens is 1. The Morgan fingerprint density at radius 2 is 2.15 bits per heavy atom. The number of ether oxygens (including phenoxy) is 1. The van der Waals surface area contributed by atoms with E-state index in [4.69, 9.17) is 21.4 Å². The molecule has 0 bridgehead atoms. The third-order valence-corrected chi connectivity index (χ3v) is 1.82. The Morgan fingerprint density at radius 1 is 1.54 bits per heavy atom. The topological polar surface area (TPSA) is 66.8 Å². The van der Waals surface area contributed by atoms with Gasteiger partial charge in [-0.1, -0.05) is 11.6 Å². The van der Waals surface area contributed by atoms with E-state index in [0.717, 1.165) is 0 Å². The van der Waals surface area contributed by atoms with E-state index < -0.39 is 11.7 Å². The van der Waals surface area contributed by atoms with Gasteiger partial charge in [0.25, 0.3) is 0 Å². The Labute approximate surface area is 79.3 Å². The maximum absolute atomic E-state index is 10.5. The number of carbonyl (C=O) groups is 1. The summed E-state index contributed by atoms with van der Waals surface area (Å²) in [6.07, 6.45) is 0. The van der Waals surface area contributed by atoms with E-state index in [-0.39, 0.29) is 16.3 Å². The van der Waals surface area contributed by atoms with E-state index >= 15 is 0 Å². The van der Waals surface area contributed by atoms with Crippen LogP contribution in [0, 0.1) is 0 Å². The van der Waals surface area contributed by atoms with Crippen molar-refractivity contribution in [2.75, 3.05) is 7.11 Å². The van der Waals surface area contributed by atoms with E-state index in [0.29, 0.717) is 0 Å². The van der Waals surface area contributed by atoms with Gasteiger partial charge in [0, 0.05) is 0 Å². The predicted molar refractivity (Wildman–Crippen MR) is 46.6 cm³/mol. The van der Waals surface area contributed by atoms with E-state index in [2.05, 4.69) is 0 Å². The molecule has 0 saturated heterocycles. The summed E-state index contributed by atoms with van der Waals surface area (Å²) in [4.78, 5) is 10.5. The Bertz CT molecular complexity index is 348. The van der Waals surface area contributed by atoms with Crippen molar-refractivity contribution in [1.82, 2.24) is 0 Å². The summed E-state index contributed by atoms with van der Waals surface area (Å²) in [5.41, 5.74) is -0.235. The molecule has 2 N–H and O–H groups in total. The van der Waals surface area contributed by atoms with Gasteiger partial charge in [-0.25, -0.2) is 4.79 Å². The van der Waals surface area contributed by atoms with Crippen molar-refractivity contribution < 1.29 is 19.7 Å². The molecule has 0 radical (unpaired) electrons. The number of rotatable bonds is 2. The lowest BCUT2D eigenvalue weighted by atomic mass is 10.2. The van der Waals surface area contributed by atoms with Crippen LogP contribution in [0.2, 0.25) is 5.02 Å². The number of hydrogen-bond donors (Lipinski definition) is 2. The molecule has 0 spiro atoms. The molecule has 5 heteroatoms. The van der Waals surface area contributed by atoms with Crippen LogP contribution in [0.4, 0.5) is 0 Å². The molecule has 13 heavy (non-hydrogen) atoms. The van der Waals surface area contributed by atoms with Gasteiger partial charge in [-0.15, -0.1) is 0 Å². The van der Waals surface area contributed by atoms with Crippen LogP contribution in [0.25, 0.3) is 0 Å². The lowest BCUT2D eigenvalue weighted by molar-refractivity contribution is 0.0693. The molecule has 0 saturated carbocycles. The number of carboxylic acids is 1. The molecule has 0 unspecified atom stereocenters. The SMILES string of the molecule is COc1c(Cl)ccc(C(=O)O)c1O. The fourth-order valence-electron chi connectivity index (χ4n) is 0.913. The molecule has 1 aromatic carbocycles. The fourth-order valence-corrected chi connectivity index (χ4v) is 1.14. The summed E-state index contributed by atoms with van der Waals surface area (Å²) in [5, 5.41) is 18.1. The van der Waals surface area contributed by atoms with Crippen LogP contribution >= 0.6 is 11.6 Å². The van der Waals surface area contributed by atoms with Crippen LogP contribution < -0.4 is 4.74 Å². The first-order valence-electron chi connectivity index (χ1n) is 3.36. The van der Waals surface area contributed by atoms with Gasteiger partial charge in [-0.3, -0.25) is 0 Å². The van der Waals surface area contributed by atoms with Gasteiger partial charge in [0.2, 0.25) is 0 Å². The van der Waals surface area contributed by atoms with Crippen LogP contribution in [0.15, 0.2) is 12.1 Å². The van der Waals surface area contributed by atoms with Crippen molar-refractivity contribution in [3.8, 4) is 11.5 Å². The third-order valence-electron chi connectivity index (χ3n) is 1.52. The van der Waals surface area contributed by atoms with Crippen LogP contribution in [-0.4, -0.2) is 23.3 Å². The van der Waals surface area contributed by atoms with Crippen molar-refractivity contribution in [2.24, 2.45) is 0 Å². The van der Waals surface area contributed by atoms with Gasteiger partial charge < -0.3 is 14.9 Å². The van der Waals surface area contributed by atoms with Crippen molar-refractivity contribution in [3.63, 3.8) is 0 Å². The van der Waals surface area contributed by atoms with Gasteiger partial charge >= 0.3 is 5.97 Å². The number of methoxy groups -OCH3 is 1. The van der Waals surface area contributed by atoms with E-state index in [1.807, 2.05) is 0 Å². The number of carboxylic acid groups (broad SMARTS) is 1. The molecule has 0 atom stereocenters. The Morgan fingerprint density at radius 3 is 2.62 bits per heavy atom. The van der Waals surface area contributed by atoms with Crippen LogP contribution in [-0.2, 0) is 0 Å². The molecule has 0 aliphatic carbocycles. The zero-order valence-corrected chi connectivity index (χ0v) is 7.50. The lowest BCUT2D eigenvalue weighted by Crippen LogP contribution is -1.98. The molecule has 0 heterocycles. The first kappa shape index (κ1) is 9.67. The maximum Gasteiger partial charge on any atom is 0.339 e. The standard InChI is InChI=1S/C8H7ClO4/c1-13-7-5(9)3-2-4(6(7)10)8(11)12/h2-3,10H,1H3,(H,11,12). The number of hydrogen-bond acceptors (Lipinski definition) is 3. The quantitative estimate of drug-likeness (QED) is 0.767. The summed E-state index contributed by atoms with van der Waals surface area (Å²) < 4.78 is 4.72. The molecule has 1 aromatic rings. The largest absolute Gasteiger partial charge is 0.504 e. The van der Waals surface area contributed by atoms with Gasteiger partial charge in [-0.2, -0.15) is 0 Å². The zero-order valence-electron chi connectivity index (χ0n) is 6.74. The Hall–Kier alpha value is -1.42. The fraction of sp³-hybridized carbons (Fsp3) is 0.125. The number of aromatic hydroxyl groups is 1. The highest BCUT2D eigenvalue weighted by molar-refractivity contribution is 6.32. The second-order valence-corrected chi connectivity index (χ2v) is 2.69. The molecule has 1 rings (SSSR count). The molecule has 4 nitrogen and oxygen atoms in total. The van der Waals surface area contributed by atoms with Crippen molar-refractivity contribution in [3.05, 3.63) is 22.7 Å². The van der Waals surface area contributed by atoms with Gasteiger partial charge in [0.05, 0.1) is 12.1 Å². The lowest BCUT2D eigenvalue weighted by Gasteiger charge is -2.07.